The second-order valence-corrected chi connectivity index (χ2v) is 39.5. The highest BCUT2D eigenvalue weighted by Crippen LogP contribution is 2.40. The van der Waals surface area contributed by atoms with Crippen LogP contribution in [0.2, 0.25) is 0 Å². The highest BCUT2D eigenvalue weighted by Gasteiger charge is 2.54. The van der Waals surface area contributed by atoms with Crippen LogP contribution >= 0.6 is 0 Å². The molecule has 0 radical (unpaired) electrons. The van der Waals surface area contributed by atoms with Crippen LogP contribution in [0.1, 0.15) is 169 Å². The van der Waals surface area contributed by atoms with Crippen LogP contribution in [0, 0.1) is 48.2 Å². The Labute approximate surface area is 802 Å². The Kier molecular flexibility index (Phi) is 37.9. The number of aliphatic hydroxyl groups excluding tert-OH is 1. The Morgan fingerprint density at radius 3 is 2.11 bits per heavy atom. The molecule has 12 rings (SSSR count). The number of carbonyl (C=O) groups is 8. The Morgan fingerprint density at radius 1 is 0.708 bits per heavy atom. The molecule has 35 nitrogen and oxygen atoms in total. The molecule has 5 aromatic rings. The van der Waals surface area contributed by atoms with Gasteiger partial charge in [-0.3, -0.25) is 33.7 Å². The van der Waals surface area contributed by atoms with Crippen LogP contribution in [0.5, 0.6) is 5.75 Å². The van der Waals surface area contributed by atoms with Crippen LogP contribution < -0.4 is 30.9 Å². The fourth-order valence-electron chi connectivity index (χ4n) is 19.3. The van der Waals surface area contributed by atoms with Crippen molar-refractivity contribution in [2.45, 2.75) is 218 Å². The first-order valence-electron chi connectivity index (χ1n) is 47.9. The Balaban J connectivity index is 0.554. The number of allylic oxidation sites excluding steroid dienone is 5. The number of nitrogen functional groups attached to an aromatic ring is 1. The molecule has 746 valence electrons. The van der Waals surface area contributed by atoms with Gasteiger partial charge >= 0.3 is 12.1 Å². The van der Waals surface area contributed by atoms with Crippen LogP contribution in [0.15, 0.2) is 126 Å². The van der Waals surface area contributed by atoms with Crippen molar-refractivity contribution in [1.29, 1.82) is 0 Å². The van der Waals surface area contributed by atoms with Gasteiger partial charge in [-0.25, -0.2) is 47.3 Å². The number of nitrogens with zero attached hydrogens (tertiary/aromatic N) is 11. The molecule has 9 heterocycles. The van der Waals surface area contributed by atoms with Gasteiger partial charge in [0.15, 0.2) is 15.6 Å². The number of anilines is 3. The van der Waals surface area contributed by atoms with Crippen LogP contribution in [0.4, 0.5) is 26.9 Å². The highest BCUT2D eigenvalue weighted by molar-refractivity contribution is 7.91. The number of carbonyl (C=O) groups excluding carboxylic acids is 8. The number of methoxy groups -OCH3 is 4. The van der Waals surface area contributed by atoms with E-state index in [0.717, 1.165) is 28.3 Å². The monoisotopic (exact) mass is 1920 g/mol. The number of rotatable bonds is 25. The van der Waals surface area contributed by atoms with Gasteiger partial charge in [-0.1, -0.05) is 77.1 Å². The van der Waals surface area contributed by atoms with Gasteiger partial charge in [0, 0.05) is 197 Å². The molecular formula is C100H137FN14O21S. The molecule has 2 aromatic carbocycles. The van der Waals surface area contributed by atoms with Crippen molar-refractivity contribution < 1.29 is 104 Å². The van der Waals surface area contributed by atoms with E-state index in [2.05, 4.69) is 40.5 Å². The zero-order valence-electron chi connectivity index (χ0n) is 80.9. The Bertz CT molecular complexity index is 5210. The molecule has 5 amide bonds. The van der Waals surface area contributed by atoms with E-state index in [0.29, 0.717) is 158 Å². The van der Waals surface area contributed by atoms with Crippen molar-refractivity contribution in [3.8, 4) is 16.9 Å². The lowest BCUT2D eigenvalue weighted by Crippen LogP contribution is -2.61. The zero-order valence-corrected chi connectivity index (χ0v) is 81.7. The zero-order chi connectivity index (χ0) is 98.4. The first-order chi connectivity index (χ1) is 65.7. The summed E-state index contributed by atoms with van der Waals surface area (Å²) in [6.07, 6.45) is 17.9. The van der Waals surface area contributed by atoms with Crippen LogP contribution in [0.25, 0.3) is 11.1 Å². The number of benzene rings is 2. The second-order valence-electron chi connectivity index (χ2n) is 37.4. The second kappa shape index (κ2) is 49.3. The highest BCUT2D eigenvalue weighted by atomic mass is 32.2. The molecule has 3 aromatic heterocycles. The SMILES string of the molecule is CO[C@H]1C[C@@H]2CC[C@@H](C)[C@@](O)(O2)C(=O)C(=O)N2CCCC[C@H]2C(=O)O[C@H]([C@H](C)C[C@@H]2CC[C@@H](OC(=O)NCc3cnc(N4CCN(C(=O)CCOCCN5CCN(c6ncc(C(=O)NCCS(=O)(=O)c7ccc(C(=O)N8CCOc9ccc(-c%10ccc(N)nc%10)cc9C8)c(C)c7F)cn6)CC5)CC4)nc3)[C@H](OC)C2)C[C@@H](OC)[C@H](C)/C=C(\C)[C@@H](O)[C@@H](OC)C(=O)[C@H](C)C[C@H](C)/C=C/C=CC=C1C. The van der Waals surface area contributed by atoms with Crippen molar-refractivity contribution in [2.24, 2.45) is 35.5 Å². The summed E-state index contributed by atoms with van der Waals surface area (Å²) < 4.78 is 97.7. The number of esters is 1. The van der Waals surface area contributed by atoms with Crippen molar-refractivity contribution in [3.05, 3.63) is 155 Å². The number of hydrogen-bond acceptors (Lipinski definition) is 30. The molecule has 7 aliphatic rings. The smallest absolute Gasteiger partial charge is 0.407 e. The molecular weight excluding hydrogens is 1780 g/mol. The first-order valence-corrected chi connectivity index (χ1v) is 49.5. The maximum Gasteiger partial charge on any atom is 0.407 e. The molecule has 1 saturated carbocycles. The van der Waals surface area contributed by atoms with E-state index >= 15 is 4.39 Å². The number of ether oxygens (including phenoxy) is 9. The number of nitrogens with one attached hydrogen (secondary N) is 2. The molecule has 0 unspecified atom stereocenters. The molecule has 16 atom stereocenters. The van der Waals surface area contributed by atoms with Gasteiger partial charge in [-0.15, -0.1) is 0 Å². The molecule has 2 bridgehead atoms. The summed E-state index contributed by atoms with van der Waals surface area (Å²) in [6, 6.07) is 10.4. The normalized spacial score (nSPS) is 27.2. The van der Waals surface area contributed by atoms with Gasteiger partial charge in [0.1, 0.15) is 59.3 Å². The van der Waals surface area contributed by atoms with E-state index in [9.17, 15) is 57.0 Å². The van der Waals surface area contributed by atoms with Gasteiger partial charge in [-0.05, 0) is 161 Å². The maximum atomic E-state index is 16.0. The molecule has 6 aliphatic heterocycles. The molecule has 4 saturated heterocycles. The van der Waals surface area contributed by atoms with Crippen molar-refractivity contribution in [1.82, 2.24) is 55.2 Å². The number of halogens is 1. The van der Waals surface area contributed by atoms with Crippen molar-refractivity contribution in [3.63, 3.8) is 0 Å². The molecule has 0 spiro atoms. The van der Waals surface area contributed by atoms with Crippen molar-refractivity contribution >= 4 is 74.8 Å². The van der Waals surface area contributed by atoms with E-state index in [4.69, 9.17) is 48.4 Å². The standard InChI is InChI=1S/C100H137FN14O21S/c1-62-18-14-13-15-19-63(2)81(128-9)53-76-25-21-68(7)100(125,136-76)92(119)95(122)115-33-17-16-20-78(115)96(123)134-83(54-82(129-10)64(3)49-67(6)90(118)91(131-12)89(117)66(5)48-62)65(4)50-70-22-27-80(84(51-70)130-11)135-99(124)109-57-71-55-105-97(106-56-71)113-40-38-111(39-41-113)87(116)31-44-132-45-42-110-34-36-112(37-35-110)98-107-59-75(60-108-98)93(120)103-32-47-137(126,127)85-29-26-77(69(8)88(85)101)94(121)114-43-46-133-79-28-23-72(52-74(79)61-114)73-24-30-86(102)104-58-73/h13-15,18-19,23-24,26,28-30,49,52,55-56,58-60,62,64-66,68,70,76,78,80-84,90-91,118,125H,16-17,20-22,25,27,31-48,50-51,53-54,57,61H2,1-12H3,(H2,102,104)(H,103,120)(H,109,124)/b15-13?,18-14+,63-19?,67-49+/t62-,64-,65-,66-,68-,70+,76+,78+,80-,81+,82-,83+,84-,90-,91+,100-/m1/s1. The van der Waals surface area contributed by atoms with E-state index in [1.807, 2.05) is 105 Å². The number of Topliss-reactive ketones (excluding diaryl/α,β-unsaturated/α-hetero) is 2. The third-order valence-electron chi connectivity index (χ3n) is 27.8. The number of pyridine rings is 1. The quantitative estimate of drug-likeness (QED) is 0.0157. The number of aromatic nitrogens is 5. The minimum atomic E-state index is -4.27. The van der Waals surface area contributed by atoms with Crippen molar-refractivity contribution in [2.75, 3.05) is 148 Å². The number of ketones is 2. The Hall–Kier alpha value is -10.6. The average Bonchev–Trinajstić information content (AvgIpc) is 1.38. The summed E-state index contributed by atoms with van der Waals surface area (Å²) in [5.74, 6) is -8.43. The van der Waals surface area contributed by atoms with Crippen LogP contribution in [-0.4, -0.2) is 304 Å². The molecule has 137 heavy (non-hydrogen) atoms. The number of nitrogens with two attached hydrogens (primary N) is 1. The number of alkyl carbamates (subject to hydrolysis) is 1. The molecule has 6 N–H and O–H groups in total. The molecule has 37 heteroatoms. The van der Waals surface area contributed by atoms with E-state index in [1.165, 1.54) is 42.3 Å². The number of piperazine rings is 2. The molecule has 5 fully saturated rings. The number of piperidine rings is 1. The third-order valence-corrected chi connectivity index (χ3v) is 29.5. The maximum absolute atomic E-state index is 16.0. The number of cyclic esters (lactones) is 1. The topological polar surface area (TPSA) is 428 Å². The fraction of sp³-hybridized carbons (Fsp3) is 0.590. The summed E-state index contributed by atoms with van der Waals surface area (Å²) in [7, 11) is 1.85. The summed E-state index contributed by atoms with van der Waals surface area (Å²) in [4.78, 5) is 145. The average molecular weight is 1920 g/mol. The lowest BCUT2D eigenvalue weighted by atomic mass is 9.78. The summed E-state index contributed by atoms with van der Waals surface area (Å²) >= 11 is 0. The third kappa shape index (κ3) is 27.5. The van der Waals surface area contributed by atoms with Gasteiger partial charge in [0.05, 0.1) is 61.9 Å². The van der Waals surface area contributed by atoms with E-state index in [-0.39, 0.29) is 118 Å². The summed E-state index contributed by atoms with van der Waals surface area (Å²) in [5.41, 5.74) is 10.1. The number of hydrogen-bond donors (Lipinski definition) is 5. The lowest BCUT2D eigenvalue weighted by molar-refractivity contribution is -0.265. The van der Waals surface area contributed by atoms with Crippen LogP contribution in [-0.2, 0) is 84.8 Å². The number of amides is 5. The van der Waals surface area contributed by atoms with Gasteiger partial charge in [0.25, 0.3) is 23.5 Å². The van der Waals surface area contributed by atoms with Gasteiger partial charge in [0.2, 0.25) is 23.6 Å². The number of aliphatic hydroxyl groups is 2. The summed E-state index contributed by atoms with van der Waals surface area (Å²) in [6.45, 7) is 20.7. The Morgan fingerprint density at radius 2 is 1.42 bits per heavy atom. The largest absolute Gasteiger partial charge is 0.491 e. The van der Waals surface area contributed by atoms with E-state index in [1.54, 1.807) is 64.7 Å². The van der Waals surface area contributed by atoms with Gasteiger partial charge < -0.3 is 93.7 Å². The minimum Gasteiger partial charge on any atom is -0.491 e. The lowest BCUT2D eigenvalue weighted by Gasteiger charge is -2.43. The van der Waals surface area contributed by atoms with Gasteiger partial charge in [-0.2, -0.15) is 0 Å². The van der Waals surface area contributed by atoms with E-state index < -0.39 is 140 Å². The number of sulfone groups is 1. The minimum absolute atomic E-state index is 0.00401. The predicted octanol–water partition coefficient (Wildman–Crippen LogP) is 9.35. The predicted molar refractivity (Wildman–Crippen MR) is 509 cm³/mol. The fourth-order valence-corrected chi connectivity index (χ4v) is 20.6. The first kappa shape index (κ1) is 105. The summed E-state index contributed by atoms with van der Waals surface area (Å²) in [5, 5.41) is 29.5. The number of fused-ring (bicyclic) bond motifs is 4. The van der Waals surface area contributed by atoms with Crippen LogP contribution in [0.3, 0.4) is 0 Å². The molecule has 1 aliphatic carbocycles.